The number of carboxylic acid groups (broad SMARTS) is 1. The highest BCUT2D eigenvalue weighted by Gasteiger charge is 2.47. The van der Waals surface area contributed by atoms with Crippen LogP contribution in [-0.4, -0.2) is 62.3 Å². The van der Waals surface area contributed by atoms with Crippen LogP contribution in [0.4, 0.5) is 11.4 Å². The molecule has 0 saturated heterocycles. The van der Waals surface area contributed by atoms with E-state index >= 15 is 0 Å². The Morgan fingerprint density at radius 1 is 0.586 bits per heavy atom. The number of aromatic nitrogens is 4. The molecule has 0 fully saturated rings. The van der Waals surface area contributed by atoms with Crippen LogP contribution in [0, 0.1) is 0 Å². The highest BCUT2D eigenvalue weighted by atomic mass is 32.1. The number of aromatic amines is 2. The number of amides is 2. The Balaban J connectivity index is 0.000000174. The molecular formula is C55H52N6O7S2. The lowest BCUT2D eigenvalue weighted by Gasteiger charge is -2.29. The van der Waals surface area contributed by atoms with Gasteiger partial charge in [-0.25, -0.2) is 4.79 Å². The van der Waals surface area contributed by atoms with E-state index in [0.717, 1.165) is 61.7 Å². The number of ketones is 1. The Morgan fingerprint density at radius 3 is 1.34 bits per heavy atom. The van der Waals surface area contributed by atoms with Gasteiger partial charge in [0.1, 0.15) is 18.1 Å². The second-order valence-electron chi connectivity index (χ2n) is 19.2. The molecule has 6 heterocycles. The number of para-hydroxylation sites is 2. The molecule has 70 heavy (non-hydrogen) atoms. The molecule has 0 saturated carbocycles. The summed E-state index contributed by atoms with van der Waals surface area (Å²) < 4.78 is 11.5. The van der Waals surface area contributed by atoms with Crippen molar-refractivity contribution < 1.29 is 33.8 Å². The molecule has 10 rings (SSSR count). The molecule has 0 aliphatic carbocycles. The fraction of sp³-hybridized carbons (Fsp3) is 0.236. The molecule has 2 amide bonds. The number of nitrogens with one attached hydrogen (secondary N) is 2. The molecule has 2 aliphatic heterocycles. The molecule has 356 valence electrons. The summed E-state index contributed by atoms with van der Waals surface area (Å²) in [5, 5.41) is 32.5. The van der Waals surface area contributed by atoms with Crippen molar-refractivity contribution >= 4 is 57.6 Å². The van der Waals surface area contributed by atoms with Crippen LogP contribution in [0.5, 0.6) is 11.5 Å². The molecule has 13 nitrogen and oxygen atoms in total. The summed E-state index contributed by atoms with van der Waals surface area (Å²) in [6.07, 6.45) is 0. The number of ether oxygens (including phenoxy) is 2. The van der Waals surface area contributed by atoms with Gasteiger partial charge in [-0.05, 0) is 99.2 Å². The van der Waals surface area contributed by atoms with Gasteiger partial charge in [0, 0.05) is 55.8 Å². The van der Waals surface area contributed by atoms with Crippen molar-refractivity contribution in [2.24, 2.45) is 0 Å². The molecule has 0 bridgehead atoms. The summed E-state index contributed by atoms with van der Waals surface area (Å²) in [6.45, 7) is 13.5. The molecule has 8 aromatic rings. The summed E-state index contributed by atoms with van der Waals surface area (Å²) in [6, 6.07) is 33.9. The number of carbonyl (C=O) groups excluding carboxylic acids is 3. The van der Waals surface area contributed by atoms with Gasteiger partial charge in [0.05, 0.1) is 12.1 Å². The van der Waals surface area contributed by atoms with Crippen LogP contribution in [0.1, 0.15) is 115 Å². The fourth-order valence-corrected chi connectivity index (χ4v) is 10.4. The molecule has 15 heteroatoms. The van der Waals surface area contributed by atoms with Gasteiger partial charge in [-0.2, -0.15) is 32.9 Å². The summed E-state index contributed by atoms with van der Waals surface area (Å²) in [5.41, 5.74) is 11.1. The second-order valence-corrected chi connectivity index (χ2v) is 20.8. The normalized spacial score (nSPS) is 15.4. The summed E-state index contributed by atoms with van der Waals surface area (Å²) in [5.74, 6) is -0.518. The Morgan fingerprint density at radius 2 is 0.986 bits per heavy atom. The number of thiophene rings is 2. The van der Waals surface area contributed by atoms with E-state index in [1.807, 2.05) is 95.7 Å². The van der Waals surface area contributed by atoms with Crippen LogP contribution >= 0.6 is 22.7 Å². The number of anilines is 2. The third-order valence-corrected chi connectivity index (χ3v) is 13.6. The third kappa shape index (κ3) is 9.17. The van der Waals surface area contributed by atoms with Crippen molar-refractivity contribution in [3.8, 4) is 33.8 Å². The molecule has 4 aromatic carbocycles. The minimum Gasteiger partial charge on any atom is -0.485 e. The number of nitrogens with zero attached hydrogens (tertiary/aromatic N) is 4. The van der Waals surface area contributed by atoms with E-state index in [-0.39, 0.29) is 35.0 Å². The van der Waals surface area contributed by atoms with Crippen molar-refractivity contribution in [2.45, 2.75) is 71.4 Å². The number of Topliss-reactive ketones (excluding diaryl/α,β-unsaturated/α-hetero) is 1. The van der Waals surface area contributed by atoms with E-state index in [9.17, 15) is 24.3 Å². The van der Waals surface area contributed by atoms with Crippen LogP contribution in [-0.2, 0) is 20.4 Å². The van der Waals surface area contributed by atoms with Crippen molar-refractivity contribution in [3.63, 3.8) is 0 Å². The number of carboxylic acids is 1. The predicted molar refractivity (Wildman–Crippen MR) is 274 cm³/mol. The first kappa shape index (κ1) is 47.4. The molecule has 3 N–H and O–H groups in total. The second kappa shape index (κ2) is 19.1. The number of aliphatic carboxylic acids is 1. The lowest BCUT2D eigenvalue weighted by atomic mass is 9.85. The average molecular weight is 973 g/mol. The number of hydrogen-bond acceptors (Lipinski definition) is 10. The summed E-state index contributed by atoms with van der Waals surface area (Å²) in [7, 11) is 0. The fourth-order valence-electron chi connectivity index (χ4n) is 9.03. The maximum atomic E-state index is 13.8. The predicted octanol–water partition coefficient (Wildman–Crippen LogP) is 11.8. The molecule has 4 aromatic heterocycles. The highest BCUT2D eigenvalue weighted by molar-refractivity contribution is 7.08. The minimum absolute atomic E-state index is 0.0304. The van der Waals surface area contributed by atoms with Crippen molar-refractivity contribution in [3.05, 3.63) is 176 Å². The van der Waals surface area contributed by atoms with Crippen LogP contribution < -0.4 is 19.3 Å². The molecule has 2 aliphatic rings. The van der Waals surface area contributed by atoms with E-state index in [4.69, 9.17) is 9.47 Å². The molecule has 2 atom stereocenters. The topological polar surface area (TPSA) is 171 Å². The highest BCUT2D eigenvalue weighted by Crippen LogP contribution is 2.49. The number of benzene rings is 4. The van der Waals surface area contributed by atoms with E-state index in [1.54, 1.807) is 44.6 Å². The Labute approximate surface area is 413 Å². The van der Waals surface area contributed by atoms with Gasteiger partial charge in [-0.3, -0.25) is 34.4 Å². The molecule has 2 unspecified atom stereocenters. The average Bonchev–Trinajstić information content (AvgIpc) is 4.20. The van der Waals surface area contributed by atoms with Crippen molar-refractivity contribution in [2.75, 3.05) is 23.0 Å². The molecular weight excluding hydrogens is 921 g/mol. The number of H-pyrrole nitrogens is 2. The monoisotopic (exact) mass is 972 g/mol. The van der Waals surface area contributed by atoms with Crippen molar-refractivity contribution in [1.29, 1.82) is 0 Å². The van der Waals surface area contributed by atoms with E-state index in [1.165, 1.54) is 6.92 Å². The van der Waals surface area contributed by atoms with E-state index < -0.39 is 24.7 Å². The van der Waals surface area contributed by atoms with Gasteiger partial charge in [-0.15, -0.1) is 0 Å². The third-order valence-electron chi connectivity index (χ3n) is 12.2. The number of carbonyl (C=O) groups is 4. The lowest BCUT2D eigenvalue weighted by Crippen LogP contribution is -2.30. The summed E-state index contributed by atoms with van der Waals surface area (Å²) in [4.78, 5) is 53.9. The number of fused-ring (bicyclic) bond motifs is 2. The zero-order valence-electron chi connectivity index (χ0n) is 39.8. The quantitative estimate of drug-likeness (QED) is 0.108. The smallest absolute Gasteiger partial charge is 0.341 e. The van der Waals surface area contributed by atoms with E-state index in [0.29, 0.717) is 28.5 Å². The van der Waals surface area contributed by atoms with Gasteiger partial charge < -0.3 is 14.6 Å². The van der Waals surface area contributed by atoms with Gasteiger partial charge in [-0.1, -0.05) is 102 Å². The largest absolute Gasteiger partial charge is 0.485 e. The zero-order chi connectivity index (χ0) is 49.5. The number of rotatable bonds is 12. The van der Waals surface area contributed by atoms with Crippen LogP contribution in [0.15, 0.2) is 131 Å². The maximum Gasteiger partial charge on any atom is 0.341 e. The Bertz CT molecular complexity index is 2980. The first-order chi connectivity index (χ1) is 33.5. The maximum absolute atomic E-state index is 13.8. The van der Waals surface area contributed by atoms with Gasteiger partial charge in [0.15, 0.2) is 23.8 Å². The number of hydrogen-bond donors (Lipinski definition) is 3. The van der Waals surface area contributed by atoms with Gasteiger partial charge >= 0.3 is 5.97 Å². The standard InChI is InChI=1S/C28H27N3O3S.C27H25N3O4S/c1-17(32)15-34-22-8-6-5-7-21(22)25-23-24(29-30-26(23)28(2,3)4)27(33)31(25)20-11-9-18(10-12-20)19-13-14-35-16-19;1-27(2,3)25-22-23(28-29-25)26(33)30(18-10-8-16(9-11-18)17-12-13-35-15-17)24(22)19-6-4-5-7-20(19)34-14-21(31)32/h5-14,16,25H,15H2,1-4H3,(H,29,30);4-13,15,24H,14H2,1-3H3,(H,28,29)(H,31,32). The Hall–Kier alpha value is -7.62. The van der Waals surface area contributed by atoms with Crippen LogP contribution in [0.2, 0.25) is 0 Å². The van der Waals surface area contributed by atoms with Crippen molar-refractivity contribution in [1.82, 2.24) is 20.4 Å². The lowest BCUT2D eigenvalue weighted by molar-refractivity contribution is -0.139. The summed E-state index contributed by atoms with van der Waals surface area (Å²) >= 11 is 3.29. The van der Waals surface area contributed by atoms with Gasteiger partial charge in [0.2, 0.25) is 0 Å². The zero-order valence-corrected chi connectivity index (χ0v) is 41.4. The van der Waals surface area contributed by atoms with Crippen LogP contribution in [0.25, 0.3) is 22.3 Å². The minimum atomic E-state index is -1.07. The molecule has 0 spiro atoms. The Kier molecular flexibility index (Phi) is 12.9. The first-order valence-corrected chi connectivity index (χ1v) is 24.6. The van der Waals surface area contributed by atoms with E-state index in [2.05, 4.69) is 84.8 Å². The van der Waals surface area contributed by atoms with Gasteiger partial charge in [0.25, 0.3) is 11.8 Å². The molecule has 0 radical (unpaired) electrons. The van der Waals surface area contributed by atoms with Crippen LogP contribution in [0.3, 0.4) is 0 Å². The SMILES string of the molecule is CC(=O)COc1ccccc1C1c2c(n[nH]c2C(C)(C)C)C(=O)N1c1ccc(-c2ccsc2)cc1.CC(C)(C)c1[nH]nc2c1C(c1ccccc1OCC(=O)O)N(c1ccc(-c3ccsc3)cc1)C2=O. The first-order valence-electron chi connectivity index (χ1n) is 22.8.